The van der Waals surface area contributed by atoms with Crippen molar-refractivity contribution in [3.63, 3.8) is 0 Å². The van der Waals surface area contributed by atoms with Gasteiger partial charge in [0.25, 0.3) is 0 Å². The van der Waals surface area contributed by atoms with Gasteiger partial charge in [0.15, 0.2) is 5.82 Å². The summed E-state index contributed by atoms with van der Waals surface area (Å²) in [4.78, 5) is 18.9. The van der Waals surface area contributed by atoms with E-state index in [0.717, 1.165) is 38.8 Å². The largest absolute Gasteiger partial charge is 0.256 e. The number of pyridine rings is 2. The number of rotatable bonds is 3. The molecule has 0 fully saturated rings. The van der Waals surface area contributed by atoms with Gasteiger partial charge in [-0.3, -0.25) is 4.98 Å². The fraction of sp³-hybridized carbons (Fsp3) is 0.0732. The van der Waals surface area contributed by atoms with E-state index >= 15 is 0 Å². The molecule has 0 saturated heterocycles. The second-order valence-corrected chi connectivity index (χ2v) is 12.3. The van der Waals surface area contributed by atoms with Crippen LogP contribution in [0.4, 0.5) is 0 Å². The van der Waals surface area contributed by atoms with Crippen LogP contribution < -0.4 is 0 Å². The highest BCUT2D eigenvalue weighted by molar-refractivity contribution is 6.15. The average Bonchev–Trinajstić information content (AvgIpc) is 3.33. The Bertz CT molecular complexity index is 2440. The molecule has 3 heterocycles. The maximum absolute atomic E-state index is 5.33. The van der Waals surface area contributed by atoms with Crippen molar-refractivity contribution in [3.05, 3.63) is 145 Å². The fourth-order valence-corrected chi connectivity index (χ4v) is 7.19. The second-order valence-electron chi connectivity index (χ2n) is 12.3. The first-order valence-corrected chi connectivity index (χ1v) is 15.3. The van der Waals surface area contributed by atoms with Gasteiger partial charge in [-0.25, -0.2) is 15.0 Å². The Kier molecular flexibility index (Phi) is 5.51. The summed E-state index contributed by atoms with van der Waals surface area (Å²) in [6.45, 7) is 4.68. The SMILES string of the molecule is CC1(C)c2ccccc2-c2nc3ccc4ccccc4c3c(-c3ccc(-c4cnc5cc(-c6ncccn6)ccc5c4)cc3)c21. The Morgan fingerprint density at radius 2 is 1.29 bits per heavy atom. The minimum atomic E-state index is -0.191. The topological polar surface area (TPSA) is 51.6 Å². The molecule has 0 atom stereocenters. The van der Waals surface area contributed by atoms with Crippen LogP contribution in [0.2, 0.25) is 0 Å². The first-order chi connectivity index (χ1) is 22.1. The van der Waals surface area contributed by atoms with Gasteiger partial charge in [0.2, 0.25) is 0 Å². The van der Waals surface area contributed by atoms with Crippen LogP contribution in [-0.2, 0) is 5.41 Å². The van der Waals surface area contributed by atoms with Crippen molar-refractivity contribution in [2.45, 2.75) is 19.3 Å². The minimum Gasteiger partial charge on any atom is -0.256 e. The third-order valence-corrected chi connectivity index (χ3v) is 9.37. The summed E-state index contributed by atoms with van der Waals surface area (Å²) in [7, 11) is 0. The zero-order valence-electron chi connectivity index (χ0n) is 25.0. The number of hydrogen-bond acceptors (Lipinski definition) is 4. The molecule has 0 saturated carbocycles. The lowest BCUT2D eigenvalue weighted by Crippen LogP contribution is -2.16. The second kappa shape index (κ2) is 9.63. The van der Waals surface area contributed by atoms with E-state index in [0.29, 0.717) is 5.82 Å². The van der Waals surface area contributed by atoms with E-state index in [-0.39, 0.29) is 5.41 Å². The van der Waals surface area contributed by atoms with Crippen LogP contribution in [0.1, 0.15) is 25.0 Å². The molecule has 5 aromatic carbocycles. The first-order valence-electron chi connectivity index (χ1n) is 15.3. The summed E-state index contributed by atoms with van der Waals surface area (Å²) in [5.74, 6) is 0.704. The molecule has 0 radical (unpaired) electrons. The molecule has 0 aliphatic heterocycles. The minimum absolute atomic E-state index is 0.191. The van der Waals surface area contributed by atoms with Gasteiger partial charge in [-0.2, -0.15) is 0 Å². The summed E-state index contributed by atoms with van der Waals surface area (Å²) in [6.07, 6.45) is 5.48. The Labute approximate surface area is 261 Å². The summed E-state index contributed by atoms with van der Waals surface area (Å²) >= 11 is 0. The smallest absolute Gasteiger partial charge is 0.159 e. The first kappa shape index (κ1) is 25.7. The molecule has 8 aromatic rings. The standard InChI is InChI=1S/C41H28N4/c1-41(2)33-11-6-5-10-32(33)39-38(41)36(37-31-9-4-3-8-26(31)18-19-34(37)45-39)27-14-12-25(13-15-27)30-22-28-16-17-29(23-35(28)44-24-30)40-42-20-7-21-43-40/h3-24H,1-2H3. The number of benzene rings is 5. The zero-order valence-corrected chi connectivity index (χ0v) is 25.0. The molecule has 0 unspecified atom stereocenters. The number of nitrogens with zero attached hydrogens (tertiary/aromatic N) is 4. The summed E-state index contributed by atoms with van der Waals surface area (Å²) in [5, 5.41) is 4.75. The monoisotopic (exact) mass is 576 g/mol. The number of fused-ring (bicyclic) bond motifs is 7. The van der Waals surface area contributed by atoms with Gasteiger partial charge in [-0.15, -0.1) is 0 Å². The van der Waals surface area contributed by atoms with Gasteiger partial charge in [0.1, 0.15) is 0 Å². The maximum atomic E-state index is 5.33. The van der Waals surface area contributed by atoms with E-state index in [9.17, 15) is 0 Å². The lowest BCUT2D eigenvalue weighted by atomic mass is 9.78. The van der Waals surface area contributed by atoms with Gasteiger partial charge < -0.3 is 0 Å². The highest BCUT2D eigenvalue weighted by Gasteiger charge is 2.39. The van der Waals surface area contributed by atoms with Gasteiger partial charge in [-0.1, -0.05) is 105 Å². The molecular weight excluding hydrogens is 548 g/mol. The molecule has 1 aliphatic rings. The molecule has 45 heavy (non-hydrogen) atoms. The molecule has 4 nitrogen and oxygen atoms in total. The highest BCUT2D eigenvalue weighted by atomic mass is 14.9. The van der Waals surface area contributed by atoms with Crippen molar-refractivity contribution >= 4 is 32.6 Å². The van der Waals surface area contributed by atoms with Crippen molar-refractivity contribution in [3.8, 4) is 44.9 Å². The molecular formula is C41H28N4. The molecule has 0 bridgehead atoms. The van der Waals surface area contributed by atoms with Gasteiger partial charge >= 0.3 is 0 Å². The molecule has 0 N–H and O–H groups in total. The zero-order chi connectivity index (χ0) is 30.1. The maximum Gasteiger partial charge on any atom is 0.159 e. The van der Waals surface area contributed by atoms with E-state index in [1.165, 1.54) is 44.0 Å². The number of aromatic nitrogens is 4. The third kappa shape index (κ3) is 3.92. The van der Waals surface area contributed by atoms with Crippen LogP contribution in [0, 0.1) is 0 Å². The molecule has 1 aliphatic carbocycles. The Balaban J connectivity index is 1.21. The van der Waals surface area contributed by atoms with Crippen molar-refractivity contribution < 1.29 is 0 Å². The fourth-order valence-electron chi connectivity index (χ4n) is 7.19. The van der Waals surface area contributed by atoms with Crippen molar-refractivity contribution in [2.24, 2.45) is 0 Å². The molecule has 212 valence electrons. The number of hydrogen-bond donors (Lipinski definition) is 0. The third-order valence-electron chi connectivity index (χ3n) is 9.37. The van der Waals surface area contributed by atoms with Gasteiger partial charge in [0, 0.05) is 51.5 Å². The highest BCUT2D eigenvalue weighted by Crippen LogP contribution is 2.53. The Morgan fingerprint density at radius 1 is 0.556 bits per heavy atom. The molecule has 3 aromatic heterocycles. The van der Waals surface area contributed by atoms with E-state index in [1.54, 1.807) is 12.4 Å². The van der Waals surface area contributed by atoms with E-state index in [4.69, 9.17) is 9.97 Å². The van der Waals surface area contributed by atoms with Crippen LogP contribution in [0.25, 0.3) is 77.5 Å². The van der Waals surface area contributed by atoms with Gasteiger partial charge in [-0.05, 0) is 62.9 Å². The van der Waals surface area contributed by atoms with E-state index in [1.807, 2.05) is 12.3 Å². The Morgan fingerprint density at radius 3 is 2.16 bits per heavy atom. The molecule has 4 heteroatoms. The van der Waals surface area contributed by atoms with E-state index in [2.05, 4.69) is 133 Å². The molecule has 0 spiro atoms. The van der Waals surface area contributed by atoms with Crippen LogP contribution >= 0.6 is 0 Å². The van der Waals surface area contributed by atoms with Crippen molar-refractivity contribution in [1.82, 2.24) is 19.9 Å². The predicted molar refractivity (Wildman–Crippen MR) is 184 cm³/mol. The van der Waals surface area contributed by atoms with Gasteiger partial charge in [0.05, 0.1) is 16.7 Å². The van der Waals surface area contributed by atoms with Crippen LogP contribution in [-0.4, -0.2) is 19.9 Å². The lowest BCUT2D eigenvalue weighted by Gasteiger charge is -2.25. The quantitative estimate of drug-likeness (QED) is 0.196. The van der Waals surface area contributed by atoms with Crippen LogP contribution in [0.5, 0.6) is 0 Å². The predicted octanol–water partition coefficient (Wildman–Crippen LogP) is 10.0. The lowest BCUT2D eigenvalue weighted by molar-refractivity contribution is 0.662. The summed E-state index contributed by atoms with van der Waals surface area (Å²) < 4.78 is 0. The van der Waals surface area contributed by atoms with E-state index < -0.39 is 0 Å². The molecule has 0 amide bonds. The molecule has 9 rings (SSSR count). The normalized spacial score (nSPS) is 13.3. The summed E-state index contributed by atoms with van der Waals surface area (Å²) in [6, 6.07) is 41.0. The van der Waals surface area contributed by atoms with Crippen molar-refractivity contribution in [2.75, 3.05) is 0 Å². The Hall–Kier alpha value is -5.74. The van der Waals surface area contributed by atoms with Crippen LogP contribution in [0.3, 0.4) is 0 Å². The van der Waals surface area contributed by atoms with Crippen molar-refractivity contribution in [1.29, 1.82) is 0 Å². The van der Waals surface area contributed by atoms with Crippen LogP contribution in [0.15, 0.2) is 134 Å². The average molecular weight is 577 g/mol. The summed E-state index contributed by atoms with van der Waals surface area (Å²) in [5.41, 5.74) is 12.4.